The molecule has 1 aromatic heterocycles. The Morgan fingerprint density at radius 1 is 1.27 bits per heavy atom. The van der Waals surface area contributed by atoms with Gasteiger partial charge in [0.05, 0.1) is 5.41 Å². The molecule has 0 bridgehead atoms. The lowest BCUT2D eigenvalue weighted by Crippen LogP contribution is -2.37. The molecule has 1 fully saturated rings. The van der Waals surface area contributed by atoms with E-state index in [0.717, 1.165) is 35.0 Å². The van der Waals surface area contributed by atoms with E-state index in [9.17, 15) is 4.79 Å². The van der Waals surface area contributed by atoms with E-state index in [1.807, 2.05) is 42.3 Å². The van der Waals surface area contributed by atoms with Crippen molar-refractivity contribution >= 4 is 21.8 Å². The van der Waals surface area contributed by atoms with E-state index in [4.69, 9.17) is 0 Å². The van der Waals surface area contributed by atoms with Crippen molar-refractivity contribution in [1.29, 1.82) is 0 Å². The van der Waals surface area contributed by atoms with Crippen LogP contribution < -0.4 is 0 Å². The van der Waals surface area contributed by atoms with Crippen molar-refractivity contribution in [3.63, 3.8) is 0 Å². The highest BCUT2D eigenvalue weighted by Crippen LogP contribution is 2.49. The number of likely N-dealkylation sites (N-methyl/N-ethyl adjacent to an activating group) is 1. The van der Waals surface area contributed by atoms with Gasteiger partial charge >= 0.3 is 0 Å². The Kier molecular flexibility index (Phi) is 4.30. The number of aromatic nitrogens is 1. The van der Waals surface area contributed by atoms with Gasteiger partial charge in [-0.2, -0.15) is 0 Å². The van der Waals surface area contributed by atoms with Crippen molar-refractivity contribution in [2.45, 2.75) is 24.7 Å². The highest BCUT2D eigenvalue weighted by molar-refractivity contribution is 9.10. The van der Waals surface area contributed by atoms with Gasteiger partial charge in [-0.1, -0.05) is 34.1 Å². The molecular formula is C18H19BrN2O. The van der Waals surface area contributed by atoms with Crippen LogP contribution in [-0.2, 0) is 16.6 Å². The van der Waals surface area contributed by atoms with Gasteiger partial charge in [-0.05, 0) is 42.7 Å². The Labute approximate surface area is 139 Å². The number of halogens is 1. The molecule has 1 aromatic carbocycles. The molecule has 0 atom stereocenters. The quantitative estimate of drug-likeness (QED) is 0.818. The van der Waals surface area contributed by atoms with Gasteiger partial charge in [-0.15, -0.1) is 0 Å². The average molecular weight is 359 g/mol. The van der Waals surface area contributed by atoms with Crippen molar-refractivity contribution in [1.82, 2.24) is 9.88 Å². The van der Waals surface area contributed by atoms with Crippen LogP contribution in [0.4, 0.5) is 0 Å². The summed E-state index contributed by atoms with van der Waals surface area (Å²) in [6.45, 7) is 0.700. The maximum absolute atomic E-state index is 12.9. The van der Waals surface area contributed by atoms with Crippen molar-refractivity contribution in [3.8, 4) is 0 Å². The standard InChI is InChI=1S/C18H19BrN2O/c1-21(12-8-16-7-2-3-11-20-16)17(22)18(9-10-18)14-5-4-6-15(19)13-14/h2-7,11,13H,8-10,12H2,1H3. The van der Waals surface area contributed by atoms with Crippen LogP contribution in [0.3, 0.4) is 0 Å². The molecule has 2 aromatic rings. The molecule has 3 nitrogen and oxygen atoms in total. The molecule has 22 heavy (non-hydrogen) atoms. The highest BCUT2D eigenvalue weighted by Gasteiger charge is 2.52. The Bertz CT molecular complexity index is 668. The van der Waals surface area contributed by atoms with E-state index in [-0.39, 0.29) is 11.3 Å². The van der Waals surface area contributed by atoms with Crippen LogP contribution in [0.15, 0.2) is 53.1 Å². The molecule has 1 heterocycles. The summed E-state index contributed by atoms with van der Waals surface area (Å²) in [4.78, 5) is 19.0. The Morgan fingerprint density at radius 2 is 2.09 bits per heavy atom. The van der Waals surface area contributed by atoms with E-state index < -0.39 is 0 Å². The van der Waals surface area contributed by atoms with Crippen LogP contribution in [0.1, 0.15) is 24.1 Å². The Hall–Kier alpha value is -1.68. The van der Waals surface area contributed by atoms with Crippen LogP contribution in [0.2, 0.25) is 0 Å². The first kappa shape index (κ1) is 15.2. The van der Waals surface area contributed by atoms with Crippen molar-refractivity contribution in [2.24, 2.45) is 0 Å². The van der Waals surface area contributed by atoms with E-state index in [1.165, 1.54) is 0 Å². The molecule has 0 spiro atoms. The monoisotopic (exact) mass is 358 g/mol. The lowest BCUT2D eigenvalue weighted by Gasteiger charge is -2.24. The minimum Gasteiger partial charge on any atom is -0.345 e. The summed E-state index contributed by atoms with van der Waals surface area (Å²) in [5.74, 6) is 0.224. The lowest BCUT2D eigenvalue weighted by atomic mass is 9.94. The largest absolute Gasteiger partial charge is 0.345 e. The zero-order valence-corrected chi connectivity index (χ0v) is 14.2. The fourth-order valence-corrected chi connectivity index (χ4v) is 3.23. The summed E-state index contributed by atoms with van der Waals surface area (Å²) < 4.78 is 1.03. The van der Waals surface area contributed by atoms with Gasteiger partial charge in [0.15, 0.2) is 0 Å². The van der Waals surface area contributed by atoms with Gasteiger partial charge in [0.2, 0.25) is 5.91 Å². The first-order chi connectivity index (χ1) is 10.6. The number of carbonyl (C=O) groups excluding carboxylic acids is 1. The number of hydrogen-bond acceptors (Lipinski definition) is 2. The fourth-order valence-electron chi connectivity index (χ4n) is 2.83. The SMILES string of the molecule is CN(CCc1ccccn1)C(=O)C1(c2cccc(Br)c2)CC1. The number of nitrogens with zero attached hydrogens (tertiary/aromatic N) is 2. The van der Waals surface area contributed by atoms with Gasteiger partial charge < -0.3 is 4.90 Å². The Morgan fingerprint density at radius 3 is 2.73 bits per heavy atom. The van der Waals surface area contributed by atoms with Crippen LogP contribution in [-0.4, -0.2) is 29.4 Å². The molecular weight excluding hydrogens is 340 g/mol. The van der Waals surface area contributed by atoms with Gasteiger partial charge in [0.1, 0.15) is 0 Å². The third-order valence-electron chi connectivity index (χ3n) is 4.31. The second kappa shape index (κ2) is 6.21. The molecule has 0 radical (unpaired) electrons. The zero-order chi connectivity index (χ0) is 15.6. The number of rotatable bonds is 5. The van der Waals surface area contributed by atoms with Crippen LogP contribution in [0, 0.1) is 0 Å². The number of hydrogen-bond donors (Lipinski definition) is 0. The summed E-state index contributed by atoms with van der Waals surface area (Å²) in [6, 6.07) is 14.0. The Balaban J connectivity index is 1.68. The molecule has 1 saturated carbocycles. The third-order valence-corrected chi connectivity index (χ3v) is 4.81. The lowest BCUT2D eigenvalue weighted by molar-refractivity contribution is -0.132. The van der Waals surface area contributed by atoms with Gasteiger partial charge in [0.25, 0.3) is 0 Å². The summed E-state index contributed by atoms with van der Waals surface area (Å²) in [7, 11) is 1.89. The third kappa shape index (κ3) is 3.07. The van der Waals surface area contributed by atoms with Crippen molar-refractivity contribution in [3.05, 3.63) is 64.4 Å². The molecule has 4 heteroatoms. The van der Waals surface area contributed by atoms with Crippen molar-refractivity contribution in [2.75, 3.05) is 13.6 Å². The fraction of sp³-hybridized carbons (Fsp3) is 0.333. The van der Waals surface area contributed by atoms with Gasteiger partial charge in [0, 0.05) is 36.4 Å². The van der Waals surface area contributed by atoms with E-state index in [1.54, 1.807) is 6.20 Å². The molecule has 1 aliphatic rings. The first-order valence-electron chi connectivity index (χ1n) is 7.53. The second-order valence-corrected chi connectivity index (χ2v) is 6.81. The van der Waals surface area contributed by atoms with E-state index >= 15 is 0 Å². The van der Waals surface area contributed by atoms with Crippen molar-refractivity contribution < 1.29 is 4.79 Å². The van der Waals surface area contributed by atoms with Gasteiger partial charge in [-0.25, -0.2) is 0 Å². The maximum atomic E-state index is 12.9. The smallest absolute Gasteiger partial charge is 0.232 e. The maximum Gasteiger partial charge on any atom is 0.232 e. The molecule has 0 unspecified atom stereocenters. The minimum atomic E-state index is -0.303. The molecule has 0 aliphatic heterocycles. The molecule has 114 valence electrons. The number of benzene rings is 1. The number of pyridine rings is 1. The summed E-state index contributed by atoms with van der Waals surface area (Å²) in [5, 5.41) is 0. The summed E-state index contributed by atoms with van der Waals surface area (Å²) in [6.07, 6.45) is 4.46. The second-order valence-electron chi connectivity index (χ2n) is 5.89. The average Bonchev–Trinajstić information content (AvgIpc) is 3.35. The van der Waals surface area contributed by atoms with Crippen LogP contribution >= 0.6 is 15.9 Å². The topological polar surface area (TPSA) is 33.2 Å². The summed E-state index contributed by atoms with van der Waals surface area (Å²) in [5.41, 5.74) is 1.84. The molecule has 0 N–H and O–H groups in total. The minimum absolute atomic E-state index is 0.224. The predicted octanol–water partition coefficient (Wildman–Crippen LogP) is 3.58. The predicted molar refractivity (Wildman–Crippen MR) is 90.6 cm³/mol. The van der Waals surface area contributed by atoms with Crippen LogP contribution in [0.5, 0.6) is 0 Å². The number of carbonyl (C=O) groups is 1. The van der Waals surface area contributed by atoms with E-state index in [2.05, 4.69) is 33.0 Å². The van der Waals surface area contributed by atoms with Gasteiger partial charge in [-0.3, -0.25) is 9.78 Å². The highest BCUT2D eigenvalue weighted by atomic mass is 79.9. The molecule has 1 amide bonds. The molecule has 0 saturated heterocycles. The molecule has 3 rings (SSSR count). The first-order valence-corrected chi connectivity index (χ1v) is 8.33. The summed E-state index contributed by atoms with van der Waals surface area (Å²) >= 11 is 3.50. The normalized spacial score (nSPS) is 15.4. The van der Waals surface area contributed by atoms with E-state index in [0.29, 0.717) is 6.54 Å². The molecule has 1 aliphatic carbocycles. The van der Waals surface area contributed by atoms with Crippen LogP contribution in [0.25, 0.3) is 0 Å². The number of amides is 1. The zero-order valence-electron chi connectivity index (χ0n) is 12.6.